The average molecular weight is 262 g/mol. The Hall–Kier alpha value is -0.660. The van der Waals surface area contributed by atoms with Crippen molar-refractivity contribution in [3.8, 4) is 0 Å². The second-order valence-electron chi connectivity index (χ2n) is 4.66. The van der Waals surface area contributed by atoms with Crippen molar-refractivity contribution in [1.29, 1.82) is 0 Å². The van der Waals surface area contributed by atoms with E-state index in [0.717, 1.165) is 0 Å². The maximum absolute atomic E-state index is 11.8. The number of ether oxygens (including phenoxy) is 1. The number of carbonyl (C=O) groups is 1. The Bertz CT molecular complexity index is 395. The molecule has 2 heterocycles. The third kappa shape index (κ3) is 3.17. The van der Waals surface area contributed by atoms with E-state index in [0.29, 0.717) is 19.4 Å². The molecule has 3 atom stereocenters. The first-order valence-corrected chi connectivity index (χ1v) is 7.59. The number of sulfone groups is 1. The smallest absolute Gasteiger partial charge is 0.237 e. The first-order chi connectivity index (χ1) is 8.00. The van der Waals surface area contributed by atoms with Crippen LogP contribution in [-0.4, -0.2) is 57.7 Å². The summed E-state index contributed by atoms with van der Waals surface area (Å²) in [6.45, 7) is 0.664. The fourth-order valence-electron chi connectivity index (χ4n) is 2.29. The molecule has 7 heteroatoms. The molecule has 0 saturated carbocycles. The van der Waals surface area contributed by atoms with E-state index >= 15 is 0 Å². The number of rotatable bonds is 3. The van der Waals surface area contributed by atoms with Gasteiger partial charge in [-0.25, -0.2) is 8.42 Å². The van der Waals surface area contributed by atoms with Gasteiger partial charge in [-0.1, -0.05) is 0 Å². The minimum Gasteiger partial charge on any atom is -0.380 e. The summed E-state index contributed by atoms with van der Waals surface area (Å²) in [7, 11) is -1.32. The molecule has 17 heavy (non-hydrogen) atoms. The second-order valence-corrected chi connectivity index (χ2v) is 6.89. The SMILES string of the molecule is COC1CNC(C(=O)NC2CCS(=O)(=O)C2)C1. The number of methoxy groups -OCH3 is 1. The van der Waals surface area contributed by atoms with Gasteiger partial charge in [0.05, 0.1) is 23.7 Å². The highest BCUT2D eigenvalue weighted by Gasteiger charge is 2.33. The number of nitrogens with one attached hydrogen (secondary N) is 2. The van der Waals surface area contributed by atoms with Crippen LogP contribution in [0.3, 0.4) is 0 Å². The molecule has 0 bridgehead atoms. The molecular formula is C10H18N2O4S. The van der Waals surface area contributed by atoms with Crippen LogP contribution in [0.1, 0.15) is 12.8 Å². The first-order valence-electron chi connectivity index (χ1n) is 5.77. The van der Waals surface area contributed by atoms with Crippen molar-refractivity contribution in [2.45, 2.75) is 31.0 Å². The Balaban J connectivity index is 1.82. The van der Waals surface area contributed by atoms with Crippen LogP contribution in [0, 0.1) is 0 Å². The first kappa shape index (κ1) is 12.8. The molecule has 2 aliphatic rings. The summed E-state index contributed by atoms with van der Waals surface area (Å²) in [6, 6.07) is -0.487. The van der Waals surface area contributed by atoms with Crippen LogP contribution >= 0.6 is 0 Å². The van der Waals surface area contributed by atoms with Crippen molar-refractivity contribution in [3.05, 3.63) is 0 Å². The molecule has 2 fully saturated rings. The van der Waals surface area contributed by atoms with Gasteiger partial charge >= 0.3 is 0 Å². The normalized spacial score (nSPS) is 35.9. The van der Waals surface area contributed by atoms with Crippen LogP contribution in [0.5, 0.6) is 0 Å². The van der Waals surface area contributed by atoms with E-state index < -0.39 is 9.84 Å². The standard InChI is InChI=1S/C10H18N2O4S/c1-16-8-4-9(11-5-8)10(13)12-7-2-3-17(14,15)6-7/h7-9,11H,2-6H2,1H3,(H,12,13). The molecule has 0 spiro atoms. The highest BCUT2D eigenvalue weighted by Crippen LogP contribution is 2.13. The van der Waals surface area contributed by atoms with Crippen molar-refractivity contribution in [2.75, 3.05) is 25.2 Å². The Morgan fingerprint density at radius 1 is 1.47 bits per heavy atom. The minimum atomic E-state index is -2.94. The van der Waals surface area contributed by atoms with Gasteiger partial charge in [-0.15, -0.1) is 0 Å². The molecule has 2 rings (SSSR count). The fourth-order valence-corrected chi connectivity index (χ4v) is 3.97. The predicted octanol–water partition coefficient (Wildman–Crippen LogP) is -1.33. The molecule has 2 saturated heterocycles. The lowest BCUT2D eigenvalue weighted by molar-refractivity contribution is -0.123. The van der Waals surface area contributed by atoms with Gasteiger partial charge in [-0.2, -0.15) is 0 Å². The molecule has 3 unspecified atom stereocenters. The molecule has 2 N–H and O–H groups in total. The van der Waals surface area contributed by atoms with Crippen LogP contribution in [0.2, 0.25) is 0 Å². The van der Waals surface area contributed by atoms with Crippen molar-refractivity contribution >= 4 is 15.7 Å². The van der Waals surface area contributed by atoms with E-state index in [2.05, 4.69) is 10.6 Å². The molecule has 0 radical (unpaired) electrons. The lowest BCUT2D eigenvalue weighted by Crippen LogP contribution is -2.45. The highest BCUT2D eigenvalue weighted by molar-refractivity contribution is 7.91. The zero-order valence-electron chi connectivity index (χ0n) is 9.81. The maximum Gasteiger partial charge on any atom is 0.237 e. The quantitative estimate of drug-likeness (QED) is 0.658. The average Bonchev–Trinajstić information content (AvgIpc) is 2.85. The summed E-state index contributed by atoms with van der Waals surface area (Å²) < 4.78 is 27.7. The summed E-state index contributed by atoms with van der Waals surface area (Å²) in [6.07, 6.45) is 1.23. The van der Waals surface area contributed by atoms with Gasteiger partial charge in [0.25, 0.3) is 0 Å². The van der Waals surface area contributed by atoms with Gasteiger partial charge in [-0.3, -0.25) is 4.79 Å². The van der Waals surface area contributed by atoms with Gasteiger partial charge in [0.15, 0.2) is 9.84 Å². The predicted molar refractivity (Wildman–Crippen MR) is 62.4 cm³/mol. The number of amides is 1. The monoisotopic (exact) mass is 262 g/mol. The number of hydrogen-bond acceptors (Lipinski definition) is 5. The maximum atomic E-state index is 11.8. The van der Waals surface area contributed by atoms with Crippen molar-refractivity contribution in [2.24, 2.45) is 0 Å². The summed E-state index contributed by atoms with van der Waals surface area (Å²) >= 11 is 0. The van der Waals surface area contributed by atoms with Gasteiger partial charge in [-0.05, 0) is 12.8 Å². The molecular weight excluding hydrogens is 244 g/mol. The molecule has 0 aromatic carbocycles. The van der Waals surface area contributed by atoms with E-state index in [1.807, 2.05) is 0 Å². The summed E-state index contributed by atoms with van der Waals surface area (Å²) in [5.74, 6) is 0.127. The van der Waals surface area contributed by atoms with Crippen molar-refractivity contribution < 1.29 is 17.9 Å². The Morgan fingerprint density at radius 3 is 2.76 bits per heavy atom. The van der Waals surface area contributed by atoms with E-state index in [1.165, 1.54) is 0 Å². The fraction of sp³-hybridized carbons (Fsp3) is 0.900. The van der Waals surface area contributed by atoms with Crippen LogP contribution in [0.25, 0.3) is 0 Å². The second kappa shape index (κ2) is 4.91. The third-order valence-electron chi connectivity index (χ3n) is 3.32. The van der Waals surface area contributed by atoms with Crippen molar-refractivity contribution in [1.82, 2.24) is 10.6 Å². The molecule has 0 aromatic heterocycles. The largest absolute Gasteiger partial charge is 0.380 e. The van der Waals surface area contributed by atoms with Crippen LogP contribution in [0.15, 0.2) is 0 Å². The molecule has 6 nitrogen and oxygen atoms in total. The molecule has 0 aliphatic carbocycles. The van der Waals surface area contributed by atoms with E-state index in [9.17, 15) is 13.2 Å². The van der Waals surface area contributed by atoms with E-state index in [1.54, 1.807) is 7.11 Å². The van der Waals surface area contributed by atoms with Gasteiger partial charge < -0.3 is 15.4 Å². The lowest BCUT2D eigenvalue weighted by Gasteiger charge is -2.15. The molecule has 2 aliphatic heterocycles. The summed E-state index contributed by atoms with van der Waals surface area (Å²) in [4.78, 5) is 11.8. The summed E-state index contributed by atoms with van der Waals surface area (Å²) in [5, 5.41) is 5.85. The Morgan fingerprint density at radius 2 is 2.24 bits per heavy atom. The zero-order valence-corrected chi connectivity index (χ0v) is 10.6. The van der Waals surface area contributed by atoms with Crippen molar-refractivity contribution in [3.63, 3.8) is 0 Å². The highest BCUT2D eigenvalue weighted by atomic mass is 32.2. The number of hydrogen-bond donors (Lipinski definition) is 2. The van der Waals surface area contributed by atoms with Gasteiger partial charge in [0, 0.05) is 19.7 Å². The minimum absolute atomic E-state index is 0.0676. The molecule has 0 aromatic rings. The molecule has 98 valence electrons. The Labute approximate surface area is 101 Å². The Kier molecular flexibility index (Phi) is 3.70. The van der Waals surface area contributed by atoms with E-state index in [4.69, 9.17) is 4.74 Å². The van der Waals surface area contributed by atoms with Crippen LogP contribution in [0.4, 0.5) is 0 Å². The topological polar surface area (TPSA) is 84.5 Å². The zero-order chi connectivity index (χ0) is 12.5. The van der Waals surface area contributed by atoms with Gasteiger partial charge in [0.1, 0.15) is 0 Å². The third-order valence-corrected chi connectivity index (χ3v) is 5.09. The van der Waals surface area contributed by atoms with Crippen LogP contribution in [-0.2, 0) is 19.4 Å². The summed E-state index contributed by atoms with van der Waals surface area (Å²) in [5.41, 5.74) is 0. The van der Waals surface area contributed by atoms with Crippen LogP contribution < -0.4 is 10.6 Å². The van der Waals surface area contributed by atoms with E-state index in [-0.39, 0.29) is 35.6 Å². The molecule has 1 amide bonds. The number of carbonyl (C=O) groups excluding carboxylic acids is 1. The van der Waals surface area contributed by atoms with Gasteiger partial charge in [0.2, 0.25) is 5.91 Å². The lowest BCUT2D eigenvalue weighted by atomic mass is 10.1.